The van der Waals surface area contributed by atoms with E-state index in [1.165, 1.54) is 13.0 Å². The molecule has 0 saturated carbocycles. The number of ether oxygens (including phenoxy) is 1. The number of hydrogen-bond donors (Lipinski definition) is 1. The van der Waals surface area contributed by atoms with Crippen LogP contribution in [0.1, 0.15) is 13.3 Å². The quantitative estimate of drug-likeness (QED) is 0.783. The van der Waals surface area contributed by atoms with Gasteiger partial charge in [0.25, 0.3) is 0 Å². The number of thiophene rings is 1. The number of esters is 1. The van der Waals surface area contributed by atoms with Gasteiger partial charge in [-0.1, -0.05) is 6.07 Å². The molecule has 18 heavy (non-hydrogen) atoms. The van der Waals surface area contributed by atoms with Crippen molar-refractivity contribution >= 4 is 27.3 Å². The topological polar surface area (TPSA) is 96.3 Å². The normalized spacial score (nSPS) is 12.7. The predicted octanol–water partition coefficient (Wildman–Crippen LogP) is 0.872. The fourth-order valence-corrected chi connectivity index (χ4v) is 3.13. The van der Waals surface area contributed by atoms with Gasteiger partial charge in [-0.15, -0.1) is 11.3 Å². The molecule has 0 radical (unpaired) electrons. The van der Waals surface area contributed by atoms with E-state index in [0.717, 1.165) is 11.3 Å². The van der Waals surface area contributed by atoms with Gasteiger partial charge in [-0.05, 0) is 18.4 Å². The largest absolute Gasteiger partial charge is 0.447 e. The smallest absolute Gasteiger partial charge is 0.308 e. The zero-order chi connectivity index (χ0) is 13.6. The SMILES string of the molecule is C[C@@H](C#N)OC(=O)CCNS(=O)(=O)c1cccs1. The average molecular weight is 288 g/mol. The standard InChI is InChI=1S/C10H12N2O4S2/c1-8(7-11)16-9(13)4-5-12-18(14,15)10-3-2-6-17-10/h2-3,6,8,12H,4-5H2,1H3/t8-/m0/s1. The molecule has 0 aliphatic rings. The zero-order valence-corrected chi connectivity index (χ0v) is 11.3. The van der Waals surface area contributed by atoms with Crippen LogP contribution in [0.3, 0.4) is 0 Å². The summed E-state index contributed by atoms with van der Waals surface area (Å²) in [5.74, 6) is -0.613. The lowest BCUT2D eigenvalue weighted by atomic mass is 10.4. The summed E-state index contributed by atoms with van der Waals surface area (Å²) in [4.78, 5) is 11.2. The highest BCUT2D eigenvalue weighted by Gasteiger charge is 2.15. The van der Waals surface area contributed by atoms with Crippen LogP contribution in [0.15, 0.2) is 21.7 Å². The molecule has 0 unspecified atom stereocenters. The molecular formula is C10H12N2O4S2. The second kappa shape index (κ2) is 6.49. The second-order valence-electron chi connectivity index (χ2n) is 3.34. The molecule has 0 saturated heterocycles. The Morgan fingerprint density at radius 2 is 2.39 bits per heavy atom. The number of nitrogens with zero attached hydrogens (tertiary/aromatic N) is 1. The molecule has 98 valence electrons. The molecule has 1 aromatic rings. The molecule has 1 heterocycles. The number of sulfonamides is 1. The minimum atomic E-state index is -3.55. The summed E-state index contributed by atoms with van der Waals surface area (Å²) in [6.45, 7) is 1.38. The van der Waals surface area contributed by atoms with Crippen molar-refractivity contribution in [2.45, 2.75) is 23.7 Å². The van der Waals surface area contributed by atoms with Crippen molar-refractivity contribution in [3.8, 4) is 6.07 Å². The van der Waals surface area contributed by atoms with Gasteiger partial charge in [0, 0.05) is 6.54 Å². The Hall–Kier alpha value is -1.43. The van der Waals surface area contributed by atoms with Crippen molar-refractivity contribution in [3.05, 3.63) is 17.5 Å². The van der Waals surface area contributed by atoms with Gasteiger partial charge in [0.2, 0.25) is 10.0 Å². The summed E-state index contributed by atoms with van der Waals surface area (Å²) < 4.78 is 30.4. The van der Waals surface area contributed by atoms with Gasteiger partial charge >= 0.3 is 5.97 Å². The summed E-state index contributed by atoms with van der Waals surface area (Å²) in [6.07, 6.45) is -0.942. The Balaban J connectivity index is 2.39. The Morgan fingerprint density at radius 1 is 1.67 bits per heavy atom. The third kappa shape index (κ3) is 4.44. The average Bonchev–Trinajstić information content (AvgIpc) is 2.82. The molecule has 0 fully saturated rings. The molecule has 1 atom stereocenters. The van der Waals surface area contributed by atoms with E-state index in [9.17, 15) is 13.2 Å². The first-order valence-electron chi connectivity index (χ1n) is 5.08. The molecule has 1 rings (SSSR count). The molecule has 8 heteroatoms. The van der Waals surface area contributed by atoms with Crippen molar-refractivity contribution in [1.82, 2.24) is 4.72 Å². The van der Waals surface area contributed by atoms with Crippen LogP contribution in [0.25, 0.3) is 0 Å². The maximum Gasteiger partial charge on any atom is 0.308 e. The van der Waals surface area contributed by atoms with E-state index in [1.54, 1.807) is 17.5 Å². The third-order valence-corrected chi connectivity index (χ3v) is 4.73. The minimum absolute atomic E-state index is 0.0583. The van der Waals surface area contributed by atoms with Crippen molar-refractivity contribution < 1.29 is 17.9 Å². The summed E-state index contributed by atoms with van der Waals surface area (Å²) in [6, 6.07) is 4.85. The van der Waals surface area contributed by atoms with Gasteiger partial charge in [-0.2, -0.15) is 5.26 Å². The molecule has 6 nitrogen and oxygen atoms in total. The lowest BCUT2D eigenvalue weighted by Crippen LogP contribution is -2.26. The summed E-state index contributed by atoms with van der Waals surface area (Å²) in [5.41, 5.74) is 0. The predicted molar refractivity (Wildman–Crippen MR) is 65.3 cm³/mol. The van der Waals surface area contributed by atoms with Gasteiger partial charge in [-0.25, -0.2) is 13.1 Å². The number of carbonyl (C=O) groups is 1. The van der Waals surface area contributed by atoms with E-state index in [1.807, 2.05) is 0 Å². The molecule has 0 bridgehead atoms. The highest BCUT2D eigenvalue weighted by Crippen LogP contribution is 2.14. The van der Waals surface area contributed by atoms with E-state index in [2.05, 4.69) is 9.46 Å². The maximum atomic E-state index is 11.6. The van der Waals surface area contributed by atoms with Crippen LogP contribution in [0.5, 0.6) is 0 Å². The molecule has 0 aromatic carbocycles. The second-order valence-corrected chi connectivity index (χ2v) is 6.28. The first-order chi connectivity index (χ1) is 8.45. The van der Waals surface area contributed by atoms with Crippen LogP contribution in [-0.4, -0.2) is 27.0 Å². The number of nitrogens with one attached hydrogen (secondary N) is 1. The third-order valence-electron chi connectivity index (χ3n) is 1.87. The number of hydrogen-bond acceptors (Lipinski definition) is 6. The van der Waals surface area contributed by atoms with E-state index >= 15 is 0 Å². The Morgan fingerprint density at radius 3 is 2.94 bits per heavy atom. The van der Waals surface area contributed by atoms with Gasteiger partial charge in [0.15, 0.2) is 6.10 Å². The highest BCUT2D eigenvalue weighted by atomic mass is 32.2. The molecule has 0 spiro atoms. The van der Waals surface area contributed by atoms with Crippen LogP contribution in [-0.2, 0) is 19.6 Å². The number of rotatable bonds is 6. The Bertz CT molecular complexity index is 531. The molecular weight excluding hydrogens is 276 g/mol. The van der Waals surface area contributed by atoms with Crippen LogP contribution in [0, 0.1) is 11.3 Å². The van der Waals surface area contributed by atoms with E-state index in [4.69, 9.17) is 5.26 Å². The van der Waals surface area contributed by atoms with Crippen LogP contribution in [0.4, 0.5) is 0 Å². The van der Waals surface area contributed by atoms with Gasteiger partial charge < -0.3 is 4.74 Å². The number of nitriles is 1. The fraction of sp³-hybridized carbons (Fsp3) is 0.400. The van der Waals surface area contributed by atoms with E-state index < -0.39 is 22.1 Å². The zero-order valence-electron chi connectivity index (χ0n) is 9.62. The summed E-state index contributed by atoms with van der Waals surface area (Å²) in [7, 11) is -3.55. The lowest BCUT2D eigenvalue weighted by Gasteiger charge is -2.06. The van der Waals surface area contributed by atoms with Gasteiger partial charge in [0.1, 0.15) is 10.3 Å². The molecule has 0 amide bonds. The van der Waals surface area contributed by atoms with E-state index in [0.29, 0.717) is 0 Å². The summed E-state index contributed by atoms with van der Waals surface area (Å²) >= 11 is 1.09. The van der Waals surface area contributed by atoms with Crippen molar-refractivity contribution in [3.63, 3.8) is 0 Å². The molecule has 1 N–H and O–H groups in total. The Labute approximate surface area is 109 Å². The molecule has 0 aliphatic heterocycles. The monoisotopic (exact) mass is 288 g/mol. The van der Waals surface area contributed by atoms with Crippen LogP contribution in [0.2, 0.25) is 0 Å². The van der Waals surface area contributed by atoms with Crippen molar-refractivity contribution in [2.24, 2.45) is 0 Å². The Kier molecular flexibility index (Phi) is 5.27. The number of carbonyl (C=O) groups excluding carboxylic acids is 1. The first-order valence-corrected chi connectivity index (χ1v) is 7.44. The molecule has 0 aliphatic carbocycles. The lowest BCUT2D eigenvalue weighted by molar-refractivity contribution is -0.145. The highest BCUT2D eigenvalue weighted by molar-refractivity contribution is 7.91. The van der Waals surface area contributed by atoms with E-state index in [-0.39, 0.29) is 17.2 Å². The van der Waals surface area contributed by atoms with Crippen LogP contribution < -0.4 is 4.72 Å². The van der Waals surface area contributed by atoms with Crippen molar-refractivity contribution in [1.29, 1.82) is 5.26 Å². The van der Waals surface area contributed by atoms with Gasteiger partial charge in [0.05, 0.1) is 6.42 Å². The summed E-state index contributed by atoms with van der Waals surface area (Å²) in [5, 5.41) is 10.1. The van der Waals surface area contributed by atoms with Crippen LogP contribution >= 0.6 is 11.3 Å². The first kappa shape index (κ1) is 14.6. The molecule has 1 aromatic heterocycles. The van der Waals surface area contributed by atoms with Crippen molar-refractivity contribution in [2.75, 3.05) is 6.54 Å². The minimum Gasteiger partial charge on any atom is -0.447 e. The van der Waals surface area contributed by atoms with Gasteiger partial charge in [-0.3, -0.25) is 4.79 Å². The maximum absolute atomic E-state index is 11.6. The fourth-order valence-electron chi connectivity index (χ4n) is 1.06.